The van der Waals surface area contributed by atoms with Crippen LogP contribution in [0.1, 0.15) is 13.3 Å². The molecule has 0 radical (unpaired) electrons. The molecule has 1 rings (SSSR count). The largest absolute Gasteiger partial charge is 0.494 e. The Morgan fingerprint density at radius 3 is 2.50 bits per heavy atom. The average molecular weight is 348 g/mol. The molecule has 1 atom stereocenters. The topological polar surface area (TPSA) is 9.23 Å². The van der Waals surface area contributed by atoms with Crippen molar-refractivity contribution in [1.29, 1.82) is 0 Å². The maximum absolute atomic E-state index is 5.67. The van der Waals surface area contributed by atoms with Crippen LogP contribution in [0.3, 0.4) is 0 Å². The number of ether oxygens (including phenoxy) is 1. The minimum Gasteiger partial charge on any atom is -0.494 e. The van der Waals surface area contributed by atoms with E-state index in [4.69, 9.17) is 4.74 Å². The van der Waals surface area contributed by atoms with E-state index in [1.807, 2.05) is 30.3 Å². The van der Waals surface area contributed by atoms with Crippen LogP contribution in [0.25, 0.3) is 0 Å². The monoisotopic (exact) mass is 346 g/mol. The molecular formula is C13H16Br2O. The molecule has 0 aliphatic heterocycles. The van der Waals surface area contributed by atoms with Gasteiger partial charge in [-0.2, -0.15) is 0 Å². The van der Waals surface area contributed by atoms with E-state index in [2.05, 4.69) is 45.4 Å². The summed E-state index contributed by atoms with van der Waals surface area (Å²) >= 11 is 6.89. The number of allylic oxidation sites excluding steroid dienone is 1. The molecule has 0 aliphatic rings. The van der Waals surface area contributed by atoms with Crippen molar-refractivity contribution in [3.8, 4) is 5.75 Å². The fourth-order valence-electron chi connectivity index (χ4n) is 1.16. The molecule has 16 heavy (non-hydrogen) atoms. The molecular weight excluding hydrogens is 332 g/mol. The second kappa shape index (κ2) is 6.45. The summed E-state index contributed by atoms with van der Waals surface area (Å²) in [6.07, 6.45) is 2.94. The van der Waals surface area contributed by atoms with E-state index in [1.165, 1.54) is 0 Å². The normalized spacial score (nSPS) is 14.2. The third-order valence-electron chi connectivity index (χ3n) is 2.55. The van der Waals surface area contributed by atoms with Crippen molar-refractivity contribution in [1.82, 2.24) is 0 Å². The van der Waals surface area contributed by atoms with Gasteiger partial charge in [0, 0.05) is 9.80 Å². The van der Waals surface area contributed by atoms with Crippen LogP contribution in [0.4, 0.5) is 0 Å². The van der Waals surface area contributed by atoms with Crippen LogP contribution in [-0.4, -0.2) is 11.9 Å². The van der Waals surface area contributed by atoms with E-state index >= 15 is 0 Å². The highest BCUT2D eigenvalue weighted by molar-refractivity contribution is 9.10. The second-order valence-electron chi connectivity index (χ2n) is 4.04. The minimum absolute atomic E-state index is 0.107. The van der Waals surface area contributed by atoms with Crippen LogP contribution in [-0.2, 0) is 0 Å². The summed E-state index contributed by atoms with van der Waals surface area (Å²) in [6.45, 7) is 6.72. The van der Waals surface area contributed by atoms with E-state index in [1.54, 1.807) is 0 Å². The summed E-state index contributed by atoms with van der Waals surface area (Å²) in [5, 5.41) is 0.910. The van der Waals surface area contributed by atoms with Gasteiger partial charge in [-0.25, -0.2) is 0 Å². The number of hydrogen-bond donors (Lipinski definition) is 0. The Balaban J connectivity index is 2.41. The van der Waals surface area contributed by atoms with E-state index in [9.17, 15) is 0 Å². The van der Waals surface area contributed by atoms with Crippen molar-refractivity contribution in [2.24, 2.45) is 5.41 Å². The molecule has 0 saturated carbocycles. The van der Waals surface area contributed by atoms with Crippen molar-refractivity contribution < 1.29 is 4.74 Å². The molecule has 0 aliphatic carbocycles. The van der Waals surface area contributed by atoms with Crippen molar-refractivity contribution in [3.05, 3.63) is 41.4 Å². The lowest BCUT2D eigenvalue weighted by atomic mass is 9.90. The van der Waals surface area contributed by atoms with Gasteiger partial charge < -0.3 is 4.74 Å². The number of hydrogen-bond acceptors (Lipinski definition) is 1. The maximum Gasteiger partial charge on any atom is 0.119 e. The third kappa shape index (κ3) is 4.30. The van der Waals surface area contributed by atoms with Crippen LogP contribution in [0, 0.1) is 5.41 Å². The molecule has 0 spiro atoms. The first-order valence-corrected chi connectivity index (χ1v) is 7.09. The number of benzene rings is 1. The standard InChI is InChI=1S/C13H16Br2O/c1-3-13(2,10-14)8-9-16-12-6-4-11(15)5-7-12/h3-7H,1,8-10H2,2H3. The van der Waals surface area contributed by atoms with Gasteiger partial charge in [0.2, 0.25) is 0 Å². The molecule has 0 fully saturated rings. The van der Waals surface area contributed by atoms with Crippen molar-refractivity contribution in [2.45, 2.75) is 13.3 Å². The van der Waals surface area contributed by atoms with Gasteiger partial charge >= 0.3 is 0 Å². The Morgan fingerprint density at radius 2 is 2.00 bits per heavy atom. The van der Waals surface area contributed by atoms with Gasteiger partial charge in [0.25, 0.3) is 0 Å². The predicted octanol–water partition coefficient (Wildman–Crippen LogP) is 4.81. The zero-order valence-corrected chi connectivity index (χ0v) is 12.6. The summed E-state index contributed by atoms with van der Waals surface area (Å²) in [4.78, 5) is 0. The lowest BCUT2D eigenvalue weighted by molar-refractivity contribution is 0.264. The molecule has 0 amide bonds. The fraction of sp³-hybridized carbons (Fsp3) is 0.385. The summed E-state index contributed by atoms with van der Waals surface area (Å²) < 4.78 is 6.74. The lowest BCUT2D eigenvalue weighted by Crippen LogP contribution is -2.18. The van der Waals surface area contributed by atoms with Crippen LogP contribution in [0.2, 0.25) is 0 Å². The molecule has 1 unspecified atom stereocenters. The fourth-order valence-corrected chi connectivity index (χ4v) is 1.93. The lowest BCUT2D eigenvalue weighted by Gasteiger charge is -2.22. The van der Waals surface area contributed by atoms with Gasteiger partial charge in [0.15, 0.2) is 0 Å². The van der Waals surface area contributed by atoms with Crippen molar-refractivity contribution >= 4 is 31.9 Å². The highest BCUT2D eigenvalue weighted by Crippen LogP contribution is 2.25. The average Bonchev–Trinajstić information content (AvgIpc) is 2.31. The minimum atomic E-state index is 0.107. The zero-order valence-electron chi connectivity index (χ0n) is 9.38. The highest BCUT2D eigenvalue weighted by Gasteiger charge is 2.18. The molecule has 0 N–H and O–H groups in total. The van der Waals surface area contributed by atoms with E-state index in [0.29, 0.717) is 6.61 Å². The van der Waals surface area contributed by atoms with Gasteiger partial charge in [-0.15, -0.1) is 6.58 Å². The SMILES string of the molecule is C=CC(C)(CBr)CCOc1ccc(Br)cc1. The molecule has 0 saturated heterocycles. The van der Waals surface area contributed by atoms with Crippen molar-refractivity contribution in [2.75, 3.05) is 11.9 Å². The second-order valence-corrected chi connectivity index (χ2v) is 5.52. The first kappa shape index (κ1) is 13.8. The summed E-state index contributed by atoms with van der Waals surface area (Å²) in [5.41, 5.74) is 0.107. The van der Waals surface area contributed by atoms with E-state index in [-0.39, 0.29) is 5.41 Å². The van der Waals surface area contributed by atoms with E-state index in [0.717, 1.165) is 22.0 Å². The van der Waals surface area contributed by atoms with Crippen LogP contribution >= 0.6 is 31.9 Å². The summed E-state index contributed by atoms with van der Waals surface area (Å²) in [5.74, 6) is 0.907. The Hall–Kier alpha value is -0.280. The molecule has 1 aromatic rings. The molecule has 3 heteroatoms. The quantitative estimate of drug-likeness (QED) is 0.530. The Labute approximate surface area is 114 Å². The predicted molar refractivity (Wildman–Crippen MR) is 76.4 cm³/mol. The van der Waals surface area contributed by atoms with Gasteiger partial charge in [-0.1, -0.05) is 44.9 Å². The Kier molecular flexibility index (Phi) is 5.56. The molecule has 0 bridgehead atoms. The molecule has 0 heterocycles. The first-order valence-electron chi connectivity index (χ1n) is 5.17. The van der Waals surface area contributed by atoms with Crippen molar-refractivity contribution in [3.63, 3.8) is 0 Å². The van der Waals surface area contributed by atoms with Crippen LogP contribution in [0.5, 0.6) is 5.75 Å². The Morgan fingerprint density at radius 1 is 1.38 bits per heavy atom. The van der Waals surface area contributed by atoms with Gasteiger partial charge in [-0.05, 0) is 36.1 Å². The molecule has 0 aromatic heterocycles. The smallest absolute Gasteiger partial charge is 0.119 e. The van der Waals surface area contributed by atoms with Gasteiger partial charge in [0.05, 0.1) is 6.61 Å². The molecule has 1 nitrogen and oxygen atoms in total. The number of alkyl halides is 1. The zero-order chi connectivity index (χ0) is 12.0. The molecule has 1 aromatic carbocycles. The number of rotatable bonds is 6. The summed E-state index contributed by atoms with van der Waals surface area (Å²) in [6, 6.07) is 7.88. The van der Waals surface area contributed by atoms with Gasteiger partial charge in [0.1, 0.15) is 5.75 Å². The third-order valence-corrected chi connectivity index (χ3v) is 4.36. The molecule has 88 valence electrons. The summed E-state index contributed by atoms with van der Waals surface area (Å²) in [7, 11) is 0. The highest BCUT2D eigenvalue weighted by atomic mass is 79.9. The van der Waals surface area contributed by atoms with E-state index < -0.39 is 0 Å². The number of halogens is 2. The van der Waals surface area contributed by atoms with Crippen LogP contribution < -0.4 is 4.74 Å². The van der Waals surface area contributed by atoms with Gasteiger partial charge in [-0.3, -0.25) is 0 Å². The first-order chi connectivity index (χ1) is 7.59. The van der Waals surface area contributed by atoms with Crippen LogP contribution in [0.15, 0.2) is 41.4 Å². The Bertz CT molecular complexity index is 334. The maximum atomic E-state index is 5.67.